The molecule has 0 aliphatic rings. The summed E-state index contributed by atoms with van der Waals surface area (Å²) in [6.45, 7) is 1.25. The lowest BCUT2D eigenvalue weighted by Crippen LogP contribution is -2.36. The predicted octanol–water partition coefficient (Wildman–Crippen LogP) is 0.212. The van der Waals surface area contributed by atoms with Gasteiger partial charge in [0.05, 0.1) is 0 Å². The van der Waals surface area contributed by atoms with Gasteiger partial charge in [-0.3, -0.25) is 9.59 Å². The number of aryl methyl sites for hydroxylation is 1. The van der Waals surface area contributed by atoms with Crippen LogP contribution in [0, 0.1) is 0 Å². The highest BCUT2D eigenvalue weighted by Crippen LogP contribution is 2.19. The van der Waals surface area contributed by atoms with Crippen LogP contribution in [0.4, 0.5) is 0 Å². The van der Waals surface area contributed by atoms with Gasteiger partial charge in [0.2, 0.25) is 10.0 Å². The zero-order chi connectivity index (χ0) is 17.1. The lowest BCUT2D eigenvalue weighted by Gasteiger charge is -2.18. The van der Waals surface area contributed by atoms with Crippen LogP contribution in [0.15, 0.2) is 17.2 Å². The molecule has 1 heterocycles. The lowest BCUT2D eigenvalue weighted by molar-refractivity contribution is -0.137. The van der Waals surface area contributed by atoms with Crippen molar-refractivity contribution in [2.75, 3.05) is 27.2 Å². The number of carbonyl (C=O) groups excluding carboxylic acids is 1. The highest BCUT2D eigenvalue weighted by molar-refractivity contribution is 7.89. The summed E-state index contributed by atoms with van der Waals surface area (Å²) >= 11 is 0. The maximum absolute atomic E-state index is 12.5. The molecule has 0 atom stereocenters. The van der Waals surface area contributed by atoms with Gasteiger partial charge in [-0.05, 0) is 12.5 Å². The van der Waals surface area contributed by atoms with E-state index in [0.717, 1.165) is 4.31 Å². The molecule has 0 unspecified atom stereocenters. The molecule has 0 spiro atoms. The fraction of sp³-hybridized carbons (Fsp3) is 0.538. The standard InChI is InChI=1S/C13H21N3O5S/c1-5-6-16(9-12(17)18)22(20,21)10-7-11(15(4)8-10)13(19)14(2)3/h7-8H,5-6,9H2,1-4H3,(H,17,18). The highest BCUT2D eigenvalue weighted by Gasteiger charge is 2.28. The maximum Gasteiger partial charge on any atom is 0.318 e. The Kier molecular flexibility index (Phi) is 5.72. The zero-order valence-corrected chi connectivity index (χ0v) is 13.9. The van der Waals surface area contributed by atoms with Crippen LogP contribution in [0.5, 0.6) is 0 Å². The van der Waals surface area contributed by atoms with Gasteiger partial charge in [-0.2, -0.15) is 4.31 Å². The first kappa shape index (κ1) is 18.2. The molecule has 9 heteroatoms. The van der Waals surface area contributed by atoms with Crippen LogP contribution in [0.2, 0.25) is 0 Å². The van der Waals surface area contributed by atoms with Crippen molar-refractivity contribution in [2.24, 2.45) is 7.05 Å². The summed E-state index contributed by atoms with van der Waals surface area (Å²) in [5, 5.41) is 8.87. The van der Waals surface area contributed by atoms with Crippen LogP contribution < -0.4 is 0 Å². The van der Waals surface area contributed by atoms with Crippen LogP contribution in [0.1, 0.15) is 23.8 Å². The van der Waals surface area contributed by atoms with Crippen molar-refractivity contribution in [1.82, 2.24) is 13.8 Å². The number of aliphatic carboxylic acids is 1. The normalized spacial score (nSPS) is 11.7. The topological polar surface area (TPSA) is 99.9 Å². The summed E-state index contributed by atoms with van der Waals surface area (Å²) in [5.41, 5.74) is 0.218. The molecule has 124 valence electrons. The number of hydrogen-bond donors (Lipinski definition) is 1. The molecule has 0 radical (unpaired) electrons. The molecule has 1 N–H and O–H groups in total. The number of carboxylic acid groups (broad SMARTS) is 1. The van der Waals surface area contributed by atoms with Gasteiger partial charge in [0.15, 0.2) is 0 Å². The summed E-state index contributed by atoms with van der Waals surface area (Å²) in [6, 6.07) is 1.27. The van der Waals surface area contributed by atoms with Gasteiger partial charge in [-0.15, -0.1) is 0 Å². The Hall–Kier alpha value is -1.87. The summed E-state index contributed by atoms with van der Waals surface area (Å²) in [6.07, 6.45) is 1.80. The minimum absolute atomic E-state index is 0.0881. The van der Waals surface area contributed by atoms with Gasteiger partial charge in [0, 0.05) is 33.9 Å². The molecule has 1 aromatic rings. The number of carboxylic acids is 1. The molecule has 1 rings (SSSR count). The van der Waals surface area contributed by atoms with E-state index < -0.39 is 22.5 Å². The third-order valence-electron chi connectivity index (χ3n) is 3.03. The average Bonchev–Trinajstić information content (AvgIpc) is 2.79. The summed E-state index contributed by atoms with van der Waals surface area (Å²) < 4.78 is 27.4. The third-order valence-corrected chi connectivity index (χ3v) is 4.84. The Balaban J connectivity index is 3.24. The average molecular weight is 331 g/mol. The Bertz CT molecular complexity index is 663. The SMILES string of the molecule is CCCN(CC(=O)O)S(=O)(=O)c1cc(C(=O)N(C)C)n(C)c1. The first-order valence-electron chi connectivity index (χ1n) is 6.71. The molecule has 0 aliphatic heterocycles. The van der Waals surface area contributed by atoms with Crippen molar-refractivity contribution >= 4 is 21.9 Å². The molecule has 1 aromatic heterocycles. The Morgan fingerprint density at radius 3 is 2.36 bits per heavy atom. The minimum atomic E-state index is -3.96. The number of nitrogens with zero attached hydrogens (tertiary/aromatic N) is 3. The van der Waals surface area contributed by atoms with Gasteiger partial charge >= 0.3 is 5.97 Å². The van der Waals surface area contributed by atoms with Crippen LogP contribution in [0.3, 0.4) is 0 Å². The number of aromatic nitrogens is 1. The van der Waals surface area contributed by atoms with E-state index in [1.807, 2.05) is 0 Å². The van der Waals surface area contributed by atoms with Crippen LogP contribution in [-0.2, 0) is 21.9 Å². The highest BCUT2D eigenvalue weighted by atomic mass is 32.2. The van der Waals surface area contributed by atoms with Gasteiger partial charge in [0.1, 0.15) is 17.1 Å². The zero-order valence-electron chi connectivity index (χ0n) is 13.1. The van der Waals surface area contributed by atoms with Gasteiger partial charge in [0.25, 0.3) is 5.91 Å². The fourth-order valence-corrected chi connectivity index (χ4v) is 3.50. The van der Waals surface area contributed by atoms with E-state index in [2.05, 4.69) is 0 Å². The van der Waals surface area contributed by atoms with E-state index in [1.54, 1.807) is 28.1 Å². The van der Waals surface area contributed by atoms with E-state index in [1.165, 1.54) is 21.7 Å². The molecular formula is C13H21N3O5S. The second kappa shape index (κ2) is 6.93. The second-order valence-corrected chi connectivity index (χ2v) is 7.04. The number of rotatable bonds is 7. The second-order valence-electron chi connectivity index (χ2n) is 5.10. The molecule has 0 aromatic carbocycles. The third kappa shape index (κ3) is 3.86. The molecular weight excluding hydrogens is 310 g/mol. The molecule has 0 saturated heterocycles. The summed E-state index contributed by atoms with van der Waals surface area (Å²) in [4.78, 5) is 24.1. The summed E-state index contributed by atoms with van der Waals surface area (Å²) in [5.74, 6) is -1.55. The van der Waals surface area contributed by atoms with E-state index >= 15 is 0 Å². The smallest absolute Gasteiger partial charge is 0.318 e. The van der Waals surface area contributed by atoms with Crippen molar-refractivity contribution in [1.29, 1.82) is 0 Å². The summed E-state index contributed by atoms with van der Waals surface area (Å²) in [7, 11) is 0.742. The first-order chi connectivity index (χ1) is 10.1. The quantitative estimate of drug-likeness (QED) is 0.770. The van der Waals surface area contributed by atoms with Gasteiger partial charge in [-0.25, -0.2) is 8.42 Å². The van der Waals surface area contributed by atoms with Crippen molar-refractivity contribution < 1.29 is 23.1 Å². The van der Waals surface area contributed by atoms with Gasteiger partial charge < -0.3 is 14.6 Å². The molecule has 8 nitrogen and oxygen atoms in total. The van der Waals surface area contributed by atoms with E-state index in [-0.39, 0.29) is 23.0 Å². The van der Waals surface area contributed by atoms with Gasteiger partial charge in [-0.1, -0.05) is 6.92 Å². The first-order valence-corrected chi connectivity index (χ1v) is 8.15. The molecule has 1 amide bonds. The van der Waals surface area contributed by atoms with E-state index in [4.69, 9.17) is 5.11 Å². The van der Waals surface area contributed by atoms with Crippen LogP contribution in [0.25, 0.3) is 0 Å². The predicted molar refractivity (Wildman–Crippen MR) is 80.1 cm³/mol. The number of amides is 1. The van der Waals surface area contributed by atoms with Crippen molar-refractivity contribution in [3.8, 4) is 0 Å². The van der Waals surface area contributed by atoms with Crippen molar-refractivity contribution in [3.05, 3.63) is 18.0 Å². The maximum atomic E-state index is 12.5. The molecule has 22 heavy (non-hydrogen) atoms. The Morgan fingerprint density at radius 2 is 1.91 bits per heavy atom. The molecule has 0 aliphatic carbocycles. The Labute approximate surface area is 130 Å². The minimum Gasteiger partial charge on any atom is -0.480 e. The monoisotopic (exact) mass is 331 g/mol. The molecule has 0 saturated carbocycles. The lowest BCUT2D eigenvalue weighted by atomic mass is 10.4. The number of hydrogen-bond acceptors (Lipinski definition) is 4. The molecule has 0 bridgehead atoms. The van der Waals surface area contributed by atoms with Crippen LogP contribution in [-0.4, -0.2) is 66.4 Å². The van der Waals surface area contributed by atoms with Crippen molar-refractivity contribution in [3.63, 3.8) is 0 Å². The van der Waals surface area contributed by atoms with E-state index in [9.17, 15) is 18.0 Å². The van der Waals surface area contributed by atoms with Crippen molar-refractivity contribution in [2.45, 2.75) is 18.2 Å². The molecule has 0 fully saturated rings. The van der Waals surface area contributed by atoms with Crippen LogP contribution >= 0.6 is 0 Å². The number of carbonyl (C=O) groups is 2. The van der Waals surface area contributed by atoms with E-state index in [0.29, 0.717) is 6.42 Å². The largest absolute Gasteiger partial charge is 0.480 e. The fourth-order valence-electron chi connectivity index (χ4n) is 1.95. The Morgan fingerprint density at radius 1 is 1.32 bits per heavy atom. The number of sulfonamides is 1.